The van der Waals surface area contributed by atoms with Gasteiger partial charge in [-0.1, -0.05) is 69.3 Å². The highest BCUT2D eigenvalue weighted by atomic mass is 16.4. The average molecular weight is 460 g/mol. The zero-order valence-corrected chi connectivity index (χ0v) is 19.6. The van der Waals surface area contributed by atoms with Gasteiger partial charge in [0.2, 0.25) is 0 Å². The van der Waals surface area contributed by atoms with E-state index in [1.807, 2.05) is 28.9 Å². The number of carbonyl (C=O) groups is 1. The molecule has 2 aromatic carbocycles. The summed E-state index contributed by atoms with van der Waals surface area (Å²) < 4.78 is 1.85. The second-order valence-electron chi connectivity index (χ2n) is 9.66. The molecule has 0 aliphatic heterocycles. The first-order valence-corrected chi connectivity index (χ1v) is 11.3. The molecule has 0 amide bonds. The number of hydrogen-bond acceptors (Lipinski definition) is 6. The number of hydrogen-bond donors (Lipinski definition) is 2. The van der Waals surface area contributed by atoms with Crippen molar-refractivity contribution in [3.63, 3.8) is 0 Å². The van der Waals surface area contributed by atoms with Crippen LogP contribution in [0.15, 0.2) is 54.9 Å². The summed E-state index contributed by atoms with van der Waals surface area (Å²) in [6.45, 7) is 6.77. The molecule has 0 radical (unpaired) electrons. The number of aryl methyl sites for hydroxylation is 1. The number of rotatable bonds is 9. The van der Waals surface area contributed by atoms with Crippen LogP contribution < -0.4 is 0 Å². The number of carboxylic acid groups (broad SMARTS) is 1. The molecule has 2 aromatic heterocycles. The van der Waals surface area contributed by atoms with Gasteiger partial charge in [-0.05, 0) is 45.4 Å². The van der Waals surface area contributed by atoms with Gasteiger partial charge in [0, 0.05) is 12.0 Å². The maximum absolute atomic E-state index is 11.7. The van der Waals surface area contributed by atoms with Crippen molar-refractivity contribution >= 4 is 5.97 Å². The van der Waals surface area contributed by atoms with Gasteiger partial charge in [0.15, 0.2) is 5.82 Å². The van der Waals surface area contributed by atoms with E-state index in [2.05, 4.69) is 75.7 Å². The molecule has 34 heavy (non-hydrogen) atoms. The van der Waals surface area contributed by atoms with Gasteiger partial charge < -0.3 is 5.11 Å². The van der Waals surface area contributed by atoms with E-state index in [4.69, 9.17) is 0 Å². The van der Waals surface area contributed by atoms with E-state index in [1.165, 1.54) is 6.33 Å². The van der Waals surface area contributed by atoms with Crippen molar-refractivity contribution in [1.29, 1.82) is 0 Å². The summed E-state index contributed by atoms with van der Waals surface area (Å²) in [6, 6.07) is 16.2. The third kappa shape index (κ3) is 5.72. The number of tetrazole rings is 1. The zero-order chi connectivity index (χ0) is 24.1. The second kappa shape index (κ2) is 9.94. The predicted molar refractivity (Wildman–Crippen MR) is 128 cm³/mol. The summed E-state index contributed by atoms with van der Waals surface area (Å²) in [7, 11) is 0. The topological polar surface area (TPSA) is 122 Å². The van der Waals surface area contributed by atoms with E-state index in [-0.39, 0.29) is 5.41 Å². The summed E-state index contributed by atoms with van der Waals surface area (Å²) in [5.74, 6) is 0.271. The Bertz CT molecular complexity index is 1220. The minimum Gasteiger partial charge on any atom is -0.481 e. The summed E-state index contributed by atoms with van der Waals surface area (Å²) in [5.41, 5.74) is 4.07. The Kier molecular flexibility index (Phi) is 6.81. The molecule has 4 aromatic rings. The number of aromatic amines is 1. The van der Waals surface area contributed by atoms with Gasteiger partial charge in [0.25, 0.3) is 0 Å². The molecule has 2 N–H and O–H groups in total. The summed E-state index contributed by atoms with van der Waals surface area (Å²) in [6.07, 6.45) is 3.27. The fraction of sp³-hybridized carbons (Fsp3) is 0.360. The predicted octanol–water partition coefficient (Wildman–Crippen LogP) is 4.24. The van der Waals surface area contributed by atoms with Gasteiger partial charge in [0.05, 0.1) is 12.5 Å². The summed E-state index contributed by atoms with van der Waals surface area (Å²) in [4.78, 5) is 16.1. The van der Waals surface area contributed by atoms with Crippen LogP contribution in [0.5, 0.6) is 0 Å². The number of nitrogens with zero attached hydrogens (tertiary/aromatic N) is 6. The molecule has 9 nitrogen and oxygen atoms in total. The molecule has 0 spiro atoms. The van der Waals surface area contributed by atoms with E-state index in [1.54, 1.807) is 0 Å². The standard InChI is InChI=1S/C25H29N7O2/c1-25(2,3)14-19(24(33)34)12-13-22-26-16-27-32(22)15-17-8-10-18(11-9-17)20-6-4-5-7-21(20)23-28-30-31-29-23/h4-11,16,19H,12-15H2,1-3H3,(H,33,34)(H,28,29,30,31). The van der Waals surface area contributed by atoms with Gasteiger partial charge in [-0.2, -0.15) is 5.10 Å². The lowest BCUT2D eigenvalue weighted by atomic mass is 9.82. The van der Waals surface area contributed by atoms with Crippen molar-refractivity contribution in [2.45, 2.75) is 46.6 Å². The van der Waals surface area contributed by atoms with E-state index in [9.17, 15) is 9.90 Å². The maximum Gasteiger partial charge on any atom is 0.306 e. The fourth-order valence-electron chi connectivity index (χ4n) is 4.15. The van der Waals surface area contributed by atoms with Crippen LogP contribution in [0.1, 0.15) is 45.0 Å². The highest BCUT2D eigenvalue weighted by Crippen LogP contribution is 2.30. The number of nitrogens with one attached hydrogen (secondary N) is 1. The molecule has 0 bridgehead atoms. The smallest absolute Gasteiger partial charge is 0.306 e. The zero-order valence-electron chi connectivity index (χ0n) is 19.6. The lowest BCUT2D eigenvalue weighted by Gasteiger charge is -2.23. The lowest BCUT2D eigenvalue weighted by Crippen LogP contribution is -2.22. The number of carboxylic acids is 1. The molecular weight excluding hydrogens is 430 g/mol. The number of H-pyrrole nitrogens is 1. The van der Waals surface area contributed by atoms with Crippen LogP contribution in [0.25, 0.3) is 22.5 Å². The van der Waals surface area contributed by atoms with Crippen molar-refractivity contribution in [3.8, 4) is 22.5 Å². The molecule has 9 heteroatoms. The van der Waals surface area contributed by atoms with E-state index in [0.29, 0.717) is 31.6 Å². The first-order chi connectivity index (χ1) is 16.3. The highest BCUT2D eigenvalue weighted by molar-refractivity contribution is 5.80. The molecule has 0 aliphatic rings. The van der Waals surface area contributed by atoms with Crippen LogP contribution in [0.4, 0.5) is 0 Å². The molecule has 0 saturated carbocycles. The first-order valence-electron chi connectivity index (χ1n) is 11.3. The third-order valence-electron chi connectivity index (χ3n) is 5.74. The fourth-order valence-corrected chi connectivity index (χ4v) is 4.15. The monoisotopic (exact) mass is 459 g/mol. The van der Waals surface area contributed by atoms with E-state index < -0.39 is 11.9 Å². The quantitative estimate of drug-likeness (QED) is 0.384. The minimum absolute atomic E-state index is 0.0406. The van der Waals surface area contributed by atoms with E-state index >= 15 is 0 Å². The van der Waals surface area contributed by atoms with Crippen molar-refractivity contribution in [3.05, 3.63) is 66.2 Å². The lowest BCUT2D eigenvalue weighted by molar-refractivity contribution is -0.143. The Morgan fingerprint density at radius 2 is 1.82 bits per heavy atom. The van der Waals surface area contributed by atoms with Crippen molar-refractivity contribution < 1.29 is 9.90 Å². The van der Waals surface area contributed by atoms with Crippen molar-refractivity contribution in [2.24, 2.45) is 11.3 Å². The Morgan fingerprint density at radius 3 is 2.47 bits per heavy atom. The van der Waals surface area contributed by atoms with Gasteiger partial charge in [-0.15, -0.1) is 5.10 Å². The maximum atomic E-state index is 11.7. The molecular formula is C25H29N7O2. The normalized spacial score (nSPS) is 12.6. The average Bonchev–Trinajstić information content (AvgIpc) is 3.49. The number of benzene rings is 2. The molecule has 4 rings (SSSR count). The van der Waals surface area contributed by atoms with Crippen LogP contribution in [0.2, 0.25) is 0 Å². The largest absolute Gasteiger partial charge is 0.481 e. The van der Waals surface area contributed by atoms with Gasteiger partial charge in [0.1, 0.15) is 12.2 Å². The van der Waals surface area contributed by atoms with Crippen LogP contribution in [0.3, 0.4) is 0 Å². The van der Waals surface area contributed by atoms with Crippen LogP contribution in [-0.4, -0.2) is 46.5 Å². The van der Waals surface area contributed by atoms with Gasteiger partial charge >= 0.3 is 5.97 Å². The molecule has 1 unspecified atom stereocenters. The van der Waals surface area contributed by atoms with Crippen LogP contribution >= 0.6 is 0 Å². The molecule has 176 valence electrons. The van der Waals surface area contributed by atoms with Gasteiger partial charge in [-0.3, -0.25) is 4.79 Å². The van der Waals surface area contributed by atoms with Crippen LogP contribution in [0, 0.1) is 11.3 Å². The van der Waals surface area contributed by atoms with Crippen LogP contribution in [-0.2, 0) is 17.8 Å². The summed E-state index contributed by atoms with van der Waals surface area (Å²) >= 11 is 0. The third-order valence-corrected chi connectivity index (χ3v) is 5.74. The SMILES string of the molecule is CC(C)(C)CC(CCc1ncnn1Cc1ccc(-c2ccccc2-c2nnn[nH]2)cc1)C(=O)O. The minimum atomic E-state index is -0.752. The van der Waals surface area contributed by atoms with Crippen molar-refractivity contribution in [2.75, 3.05) is 0 Å². The van der Waals surface area contributed by atoms with Gasteiger partial charge in [-0.25, -0.2) is 14.8 Å². The first kappa shape index (κ1) is 23.3. The Balaban J connectivity index is 1.46. The summed E-state index contributed by atoms with van der Waals surface area (Å²) in [5, 5.41) is 28.2. The Labute approximate surface area is 198 Å². The number of aliphatic carboxylic acids is 1. The number of aromatic nitrogens is 7. The Morgan fingerprint density at radius 1 is 1.09 bits per heavy atom. The highest BCUT2D eigenvalue weighted by Gasteiger charge is 2.25. The molecule has 2 heterocycles. The molecule has 0 fully saturated rings. The van der Waals surface area contributed by atoms with Crippen molar-refractivity contribution in [1.82, 2.24) is 35.4 Å². The second-order valence-corrected chi connectivity index (χ2v) is 9.66. The molecule has 1 atom stereocenters. The Hall–Kier alpha value is -3.88. The molecule has 0 saturated heterocycles. The van der Waals surface area contributed by atoms with E-state index in [0.717, 1.165) is 28.1 Å². The molecule has 0 aliphatic carbocycles.